The van der Waals surface area contributed by atoms with Gasteiger partial charge in [0.05, 0.1) is 11.4 Å². The van der Waals surface area contributed by atoms with E-state index in [9.17, 15) is 0 Å². The van der Waals surface area contributed by atoms with Crippen LogP contribution in [0.5, 0.6) is 11.5 Å². The Kier molecular flexibility index (Phi) is 3.12. The van der Waals surface area contributed by atoms with Gasteiger partial charge in [0.25, 0.3) is 0 Å². The average molecular weight is 301 g/mol. The lowest BCUT2D eigenvalue weighted by molar-refractivity contribution is 0.476. The lowest BCUT2D eigenvalue weighted by Crippen LogP contribution is -2.16. The van der Waals surface area contributed by atoms with Gasteiger partial charge in [-0.05, 0) is 67.8 Å². The van der Waals surface area contributed by atoms with E-state index in [-0.39, 0.29) is 0 Å². The third-order valence-electron chi connectivity index (χ3n) is 4.29. The first-order valence-electron chi connectivity index (χ1n) is 7.88. The Labute approximate surface area is 137 Å². The normalized spacial score (nSPS) is 12.4. The van der Waals surface area contributed by atoms with Gasteiger partial charge in [0.15, 0.2) is 11.5 Å². The van der Waals surface area contributed by atoms with Gasteiger partial charge in [-0.3, -0.25) is 0 Å². The number of hydrogen-bond acceptors (Lipinski definition) is 2. The molecule has 0 aliphatic carbocycles. The van der Waals surface area contributed by atoms with Crippen LogP contribution in [0.3, 0.4) is 0 Å². The topological polar surface area (TPSA) is 12.5 Å². The number of para-hydroxylation sites is 1. The predicted octanol–water partition coefficient (Wildman–Crippen LogP) is 6.19. The predicted molar refractivity (Wildman–Crippen MR) is 95.4 cm³/mol. The van der Waals surface area contributed by atoms with E-state index in [1.807, 2.05) is 0 Å². The van der Waals surface area contributed by atoms with Crippen LogP contribution in [-0.2, 0) is 0 Å². The smallest absolute Gasteiger partial charge is 0.151 e. The number of rotatable bonds is 1. The number of nitrogens with zero attached hydrogens (tertiary/aromatic N) is 1. The fourth-order valence-corrected chi connectivity index (χ4v) is 3.10. The zero-order valence-corrected chi connectivity index (χ0v) is 13.6. The number of aryl methyl sites for hydroxylation is 3. The summed E-state index contributed by atoms with van der Waals surface area (Å²) in [6.07, 6.45) is 0. The van der Waals surface area contributed by atoms with Crippen molar-refractivity contribution in [3.63, 3.8) is 0 Å². The average Bonchev–Trinajstić information content (AvgIpc) is 2.53. The second kappa shape index (κ2) is 5.17. The van der Waals surface area contributed by atoms with Crippen molar-refractivity contribution < 1.29 is 4.74 Å². The number of anilines is 3. The molecular formula is C21H19NO. The number of benzene rings is 3. The van der Waals surface area contributed by atoms with Crippen LogP contribution in [0.4, 0.5) is 17.1 Å². The number of hydrogen-bond donors (Lipinski definition) is 0. The molecule has 114 valence electrons. The maximum Gasteiger partial charge on any atom is 0.151 e. The van der Waals surface area contributed by atoms with Crippen molar-refractivity contribution >= 4 is 17.1 Å². The second-order valence-corrected chi connectivity index (χ2v) is 6.17. The Balaban J connectivity index is 2.00. The first-order chi connectivity index (χ1) is 11.1. The van der Waals surface area contributed by atoms with Crippen molar-refractivity contribution in [3.8, 4) is 11.5 Å². The Morgan fingerprint density at radius 3 is 1.78 bits per heavy atom. The quantitative estimate of drug-likeness (QED) is 0.416. The maximum atomic E-state index is 6.19. The van der Waals surface area contributed by atoms with Gasteiger partial charge in [-0.1, -0.05) is 30.3 Å². The van der Waals surface area contributed by atoms with Crippen LogP contribution >= 0.6 is 0 Å². The van der Waals surface area contributed by atoms with Crippen molar-refractivity contribution in [2.24, 2.45) is 0 Å². The molecule has 0 unspecified atom stereocenters. The van der Waals surface area contributed by atoms with Crippen LogP contribution in [-0.4, -0.2) is 0 Å². The van der Waals surface area contributed by atoms with Gasteiger partial charge >= 0.3 is 0 Å². The highest BCUT2D eigenvalue weighted by Crippen LogP contribution is 2.51. The van der Waals surface area contributed by atoms with Crippen molar-refractivity contribution in [1.82, 2.24) is 0 Å². The highest BCUT2D eigenvalue weighted by atomic mass is 16.5. The fourth-order valence-electron chi connectivity index (χ4n) is 3.10. The van der Waals surface area contributed by atoms with E-state index in [4.69, 9.17) is 4.74 Å². The van der Waals surface area contributed by atoms with Gasteiger partial charge < -0.3 is 9.64 Å². The van der Waals surface area contributed by atoms with E-state index >= 15 is 0 Å². The minimum Gasteiger partial charge on any atom is -0.453 e. The van der Waals surface area contributed by atoms with Crippen LogP contribution in [0, 0.1) is 20.8 Å². The molecule has 1 heterocycles. The van der Waals surface area contributed by atoms with Gasteiger partial charge in [-0.2, -0.15) is 0 Å². The summed E-state index contributed by atoms with van der Waals surface area (Å²) in [6, 6.07) is 21.2. The Bertz CT molecular complexity index is 847. The zero-order chi connectivity index (χ0) is 16.0. The summed E-state index contributed by atoms with van der Waals surface area (Å²) < 4.78 is 6.19. The molecule has 0 bridgehead atoms. The van der Waals surface area contributed by atoms with Crippen molar-refractivity contribution in [2.45, 2.75) is 20.8 Å². The molecule has 1 aliphatic heterocycles. The molecule has 3 aromatic rings. The number of ether oxygens (including phenoxy) is 1. The lowest BCUT2D eigenvalue weighted by Gasteiger charge is -2.34. The summed E-state index contributed by atoms with van der Waals surface area (Å²) in [5, 5.41) is 0. The van der Waals surface area contributed by atoms with Crippen LogP contribution < -0.4 is 9.64 Å². The minimum atomic E-state index is 0.909. The summed E-state index contributed by atoms with van der Waals surface area (Å²) in [5.41, 5.74) is 7.00. The summed E-state index contributed by atoms with van der Waals surface area (Å²) in [4.78, 5) is 2.29. The molecule has 2 heteroatoms. The molecule has 4 rings (SSSR count). The van der Waals surface area contributed by atoms with Crippen molar-refractivity contribution in [3.05, 3.63) is 77.4 Å². The molecule has 0 N–H and O–H groups in total. The largest absolute Gasteiger partial charge is 0.453 e. The van der Waals surface area contributed by atoms with Crippen LogP contribution in [0.15, 0.2) is 60.7 Å². The lowest BCUT2D eigenvalue weighted by atomic mass is 10.1. The van der Waals surface area contributed by atoms with Crippen molar-refractivity contribution in [2.75, 3.05) is 4.90 Å². The SMILES string of the molecule is Cc1ccc2c(c1)Oc1cc(C)ccc1N2c1ccccc1C. The molecule has 0 saturated heterocycles. The van der Waals surface area contributed by atoms with E-state index in [1.54, 1.807) is 0 Å². The Morgan fingerprint density at radius 2 is 1.22 bits per heavy atom. The molecule has 0 fully saturated rings. The third-order valence-corrected chi connectivity index (χ3v) is 4.29. The fraction of sp³-hybridized carbons (Fsp3) is 0.143. The molecule has 0 aromatic heterocycles. The summed E-state index contributed by atoms with van der Waals surface area (Å²) in [7, 11) is 0. The maximum absolute atomic E-state index is 6.19. The van der Waals surface area contributed by atoms with Gasteiger partial charge in [0.2, 0.25) is 0 Å². The van der Waals surface area contributed by atoms with E-state index < -0.39 is 0 Å². The van der Waals surface area contributed by atoms with Crippen LogP contribution in [0.2, 0.25) is 0 Å². The molecule has 3 aromatic carbocycles. The first kappa shape index (κ1) is 13.9. The molecule has 2 nitrogen and oxygen atoms in total. The number of fused-ring (bicyclic) bond motifs is 2. The third kappa shape index (κ3) is 2.27. The standard InChI is InChI=1S/C21H19NO/c1-14-8-10-18-20(12-14)23-21-13-15(2)9-11-19(21)22(18)17-7-5-4-6-16(17)3/h4-13H,1-3H3. The molecule has 23 heavy (non-hydrogen) atoms. The van der Waals surface area contributed by atoms with Gasteiger partial charge in [0, 0.05) is 5.69 Å². The minimum absolute atomic E-state index is 0.909. The zero-order valence-electron chi connectivity index (χ0n) is 13.6. The van der Waals surface area contributed by atoms with E-state index in [0.29, 0.717) is 0 Å². The first-order valence-corrected chi connectivity index (χ1v) is 7.88. The van der Waals surface area contributed by atoms with E-state index in [1.165, 1.54) is 22.4 Å². The van der Waals surface area contributed by atoms with E-state index in [2.05, 4.69) is 86.3 Å². The van der Waals surface area contributed by atoms with Gasteiger partial charge in [0.1, 0.15) is 0 Å². The molecular weight excluding hydrogens is 282 g/mol. The van der Waals surface area contributed by atoms with E-state index in [0.717, 1.165) is 22.9 Å². The summed E-state index contributed by atoms with van der Waals surface area (Å²) >= 11 is 0. The van der Waals surface area contributed by atoms with Gasteiger partial charge in [-0.15, -0.1) is 0 Å². The summed E-state index contributed by atoms with van der Waals surface area (Å²) in [6.45, 7) is 6.33. The molecule has 0 saturated carbocycles. The highest BCUT2D eigenvalue weighted by Gasteiger charge is 2.26. The monoisotopic (exact) mass is 301 g/mol. The summed E-state index contributed by atoms with van der Waals surface area (Å²) in [5.74, 6) is 1.82. The van der Waals surface area contributed by atoms with Crippen molar-refractivity contribution in [1.29, 1.82) is 0 Å². The van der Waals surface area contributed by atoms with Crippen LogP contribution in [0.1, 0.15) is 16.7 Å². The Morgan fingerprint density at radius 1 is 0.652 bits per heavy atom. The molecule has 0 spiro atoms. The molecule has 1 aliphatic rings. The molecule has 0 atom stereocenters. The molecule has 0 amide bonds. The Hall–Kier alpha value is -2.74. The second-order valence-electron chi connectivity index (χ2n) is 6.17. The van der Waals surface area contributed by atoms with Gasteiger partial charge in [-0.25, -0.2) is 0 Å². The van der Waals surface area contributed by atoms with Crippen LogP contribution in [0.25, 0.3) is 0 Å². The molecule has 0 radical (unpaired) electrons. The highest BCUT2D eigenvalue weighted by molar-refractivity contribution is 5.87.